The molecule has 23 heavy (non-hydrogen) atoms. The Hall–Kier alpha value is -2.47. The molecule has 1 aliphatic rings. The van der Waals surface area contributed by atoms with Gasteiger partial charge in [0.25, 0.3) is 0 Å². The van der Waals surface area contributed by atoms with Gasteiger partial charge in [0, 0.05) is 18.3 Å². The van der Waals surface area contributed by atoms with E-state index in [1.807, 2.05) is 35.2 Å². The van der Waals surface area contributed by atoms with Gasteiger partial charge in [-0.25, -0.2) is 9.97 Å². The highest BCUT2D eigenvalue weighted by atomic mass is 16.2. The Morgan fingerprint density at radius 1 is 1.26 bits per heavy atom. The van der Waals surface area contributed by atoms with Crippen molar-refractivity contribution in [3.05, 3.63) is 42.2 Å². The first-order valence-corrected chi connectivity index (χ1v) is 7.88. The molecule has 1 aliphatic heterocycles. The minimum Gasteiger partial charge on any atom is -0.368 e. The summed E-state index contributed by atoms with van der Waals surface area (Å²) >= 11 is 0. The number of carbonyl (C=O) groups is 1. The van der Waals surface area contributed by atoms with Crippen LogP contribution in [-0.4, -0.2) is 33.9 Å². The van der Waals surface area contributed by atoms with Crippen molar-refractivity contribution in [1.82, 2.24) is 14.9 Å². The molecule has 0 radical (unpaired) electrons. The molecule has 1 atom stereocenters. The number of likely N-dealkylation sites (tertiary alicyclic amines) is 1. The number of hydrogen-bond donors (Lipinski definition) is 2. The first kappa shape index (κ1) is 15.4. The number of rotatable bonds is 3. The lowest BCUT2D eigenvalue weighted by molar-refractivity contribution is -0.133. The summed E-state index contributed by atoms with van der Waals surface area (Å²) in [5, 5.41) is 0. The Bertz CT molecular complexity index is 689. The molecule has 4 N–H and O–H groups in total. The molecular formula is C17H21N5O. The van der Waals surface area contributed by atoms with E-state index in [4.69, 9.17) is 11.5 Å². The Morgan fingerprint density at radius 3 is 2.78 bits per heavy atom. The number of benzene rings is 1. The van der Waals surface area contributed by atoms with Crippen LogP contribution in [0.25, 0.3) is 11.1 Å². The van der Waals surface area contributed by atoms with E-state index < -0.39 is 0 Å². The van der Waals surface area contributed by atoms with Crippen LogP contribution in [0.2, 0.25) is 0 Å². The van der Waals surface area contributed by atoms with Crippen molar-refractivity contribution >= 4 is 11.9 Å². The van der Waals surface area contributed by atoms with Crippen LogP contribution in [0.5, 0.6) is 0 Å². The second kappa shape index (κ2) is 6.75. The Balaban J connectivity index is 2.07. The van der Waals surface area contributed by atoms with E-state index in [9.17, 15) is 4.79 Å². The number of carbonyl (C=O) groups excluding carboxylic acids is 1. The molecule has 0 unspecified atom stereocenters. The van der Waals surface area contributed by atoms with Crippen LogP contribution in [0.3, 0.4) is 0 Å². The molecule has 2 aromatic rings. The summed E-state index contributed by atoms with van der Waals surface area (Å²) in [6.45, 7) is 0.719. The fourth-order valence-electron chi connectivity index (χ4n) is 3.14. The van der Waals surface area contributed by atoms with Gasteiger partial charge < -0.3 is 16.4 Å². The number of amides is 1. The summed E-state index contributed by atoms with van der Waals surface area (Å²) in [7, 11) is 0. The van der Waals surface area contributed by atoms with Crippen molar-refractivity contribution in [3.8, 4) is 11.1 Å². The second-order valence-electron chi connectivity index (χ2n) is 5.70. The van der Waals surface area contributed by atoms with Gasteiger partial charge in [-0.05, 0) is 24.8 Å². The molecule has 1 fully saturated rings. The molecule has 3 rings (SSSR count). The topological polar surface area (TPSA) is 98.1 Å². The monoisotopic (exact) mass is 311 g/mol. The minimum absolute atomic E-state index is 0.0116. The third-order valence-corrected chi connectivity index (χ3v) is 4.24. The molecule has 6 nitrogen and oxygen atoms in total. The van der Waals surface area contributed by atoms with Crippen molar-refractivity contribution < 1.29 is 4.79 Å². The molecule has 1 aromatic carbocycles. The molecule has 2 heterocycles. The summed E-state index contributed by atoms with van der Waals surface area (Å²) in [6, 6.07) is 9.83. The van der Waals surface area contributed by atoms with Crippen LogP contribution in [-0.2, 0) is 4.79 Å². The van der Waals surface area contributed by atoms with Crippen molar-refractivity contribution in [1.29, 1.82) is 0 Å². The number of anilines is 1. The molecule has 0 aliphatic carbocycles. The number of nitrogens with two attached hydrogens (primary N) is 2. The van der Waals surface area contributed by atoms with E-state index in [-0.39, 0.29) is 24.4 Å². The van der Waals surface area contributed by atoms with Gasteiger partial charge in [-0.2, -0.15) is 0 Å². The number of nitrogens with zero attached hydrogens (tertiary/aromatic N) is 3. The van der Waals surface area contributed by atoms with Crippen LogP contribution in [0.15, 0.2) is 36.5 Å². The third-order valence-electron chi connectivity index (χ3n) is 4.24. The lowest BCUT2D eigenvalue weighted by Gasteiger charge is -2.36. The summed E-state index contributed by atoms with van der Waals surface area (Å²) in [5.74, 6) is 0.177. The quantitative estimate of drug-likeness (QED) is 0.899. The smallest absolute Gasteiger partial charge is 0.236 e. The predicted octanol–water partition coefficient (Wildman–Crippen LogP) is 1.74. The van der Waals surface area contributed by atoms with E-state index in [1.54, 1.807) is 6.20 Å². The zero-order chi connectivity index (χ0) is 16.2. The fraction of sp³-hybridized carbons (Fsp3) is 0.353. The van der Waals surface area contributed by atoms with E-state index >= 15 is 0 Å². The van der Waals surface area contributed by atoms with E-state index in [0.717, 1.165) is 36.1 Å². The largest absolute Gasteiger partial charge is 0.368 e. The Labute approximate surface area is 135 Å². The van der Waals surface area contributed by atoms with Gasteiger partial charge in [0.05, 0.1) is 18.3 Å². The van der Waals surface area contributed by atoms with Gasteiger partial charge in [0.15, 0.2) is 0 Å². The average Bonchev–Trinajstić information content (AvgIpc) is 2.61. The van der Waals surface area contributed by atoms with Gasteiger partial charge >= 0.3 is 0 Å². The highest BCUT2D eigenvalue weighted by Gasteiger charge is 2.30. The molecule has 1 saturated heterocycles. The van der Waals surface area contributed by atoms with Crippen molar-refractivity contribution in [2.45, 2.75) is 25.3 Å². The number of aromatic nitrogens is 2. The number of hydrogen-bond acceptors (Lipinski definition) is 5. The molecule has 1 amide bonds. The summed E-state index contributed by atoms with van der Waals surface area (Å²) in [6.07, 6.45) is 4.65. The minimum atomic E-state index is -0.0969. The van der Waals surface area contributed by atoms with E-state index in [0.29, 0.717) is 6.54 Å². The summed E-state index contributed by atoms with van der Waals surface area (Å²) < 4.78 is 0. The Kier molecular flexibility index (Phi) is 4.52. The first-order valence-electron chi connectivity index (χ1n) is 7.88. The van der Waals surface area contributed by atoms with Gasteiger partial charge in [0.1, 0.15) is 0 Å². The summed E-state index contributed by atoms with van der Waals surface area (Å²) in [4.78, 5) is 22.7. The SMILES string of the molecule is NCC(=O)N1CCCC[C@H]1c1nc(N)ncc1-c1ccccc1. The Morgan fingerprint density at radius 2 is 2.04 bits per heavy atom. The van der Waals surface area contributed by atoms with E-state index in [2.05, 4.69) is 9.97 Å². The van der Waals surface area contributed by atoms with Crippen LogP contribution in [0.4, 0.5) is 5.95 Å². The predicted molar refractivity (Wildman–Crippen MR) is 89.2 cm³/mol. The van der Waals surface area contributed by atoms with Gasteiger partial charge in [-0.15, -0.1) is 0 Å². The maximum absolute atomic E-state index is 12.2. The fourth-order valence-corrected chi connectivity index (χ4v) is 3.14. The molecule has 120 valence electrons. The number of nitrogen functional groups attached to an aromatic ring is 1. The van der Waals surface area contributed by atoms with Crippen molar-refractivity contribution in [2.75, 3.05) is 18.8 Å². The van der Waals surface area contributed by atoms with Crippen LogP contribution < -0.4 is 11.5 Å². The molecule has 0 bridgehead atoms. The maximum Gasteiger partial charge on any atom is 0.236 e. The first-order chi connectivity index (χ1) is 11.2. The van der Waals surface area contributed by atoms with Crippen molar-refractivity contribution in [2.24, 2.45) is 5.73 Å². The zero-order valence-corrected chi connectivity index (χ0v) is 13.0. The third kappa shape index (κ3) is 3.17. The van der Waals surface area contributed by atoms with Gasteiger partial charge in [-0.1, -0.05) is 30.3 Å². The van der Waals surface area contributed by atoms with Gasteiger partial charge in [0.2, 0.25) is 11.9 Å². The standard InChI is InChI=1S/C17H21N5O/c18-10-15(23)22-9-5-4-8-14(22)16-13(11-20-17(19)21-16)12-6-2-1-3-7-12/h1-3,6-7,11,14H,4-5,8-10,18H2,(H2,19,20,21)/t14-/m0/s1. The molecule has 0 spiro atoms. The van der Waals surface area contributed by atoms with Crippen molar-refractivity contribution in [3.63, 3.8) is 0 Å². The number of piperidine rings is 1. The van der Waals surface area contributed by atoms with Gasteiger partial charge in [-0.3, -0.25) is 4.79 Å². The highest BCUT2D eigenvalue weighted by Crippen LogP contribution is 2.35. The molecular weight excluding hydrogens is 290 g/mol. The maximum atomic E-state index is 12.2. The normalized spacial score (nSPS) is 18.0. The zero-order valence-electron chi connectivity index (χ0n) is 13.0. The van der Waals surface area contributed by atoms with Crippen LogP contribution in [0, 0.1) is 0 Å². The van der Waals surface area contributed by atoms with Crippen LogP contribution in [0.1, 0.15) is 31.0 Å². The second-order valence-corrected chi connectivity index (χ2v) is 5.70. The molecule has 6 heteroatoms. The highest BCUT2D eigenvalue weighted by molar-refractivity contribution is 5.79. The molecule has 0 saturated carbocycles. The average molecular weight is 311 g/mol. The summed E-state index contributed by atoms with van der Waals surface area (Å²) in [5.41, 5.74) is 14.1. The van der Waals surface area contributed by atoms with Crippen LogP contribution >= 0.6 is 0 Å². The van der Waals surface area contributed by atoms with E-state index in [1.165, 1.54) is 0 Å². The lowest BCUT2D eigenvalue weighted by Crippen LogP contribution is -2.42. The molecule has 1 aromatic heterocycles. The lowest BCUT2D eigenvalue weighted by atomic mass is 9.93.